The molecule has 128 valence electrons. The van der Waals surface area contributed by atoms with Crippen molar-refractivity contribution in [2.24, 2.45) is 0 Å². The lowest BCUT2D eigenvalue weighted by molar-refractivity contribution is -0.137. The summed E-state index contributed by atoms with van der Waals surface area (Å²) in [6, 6.07) is 4.90. The van der Waals surface area contributed by atoms with Crippen LogP contribution < -0.4 is 10.9 Å². The molecule has 0 spiro atoms. The fourth-order valence-electron chi connectivity index (χ4n) is 2.74. The number of likely N-dealkylation sites (N-methyl/N-ethyl adjacent to an activating group) is 1. The van der Waals surface area contributed by atoms with Crippen LogP contribution >= 0.6 is 0 Å². The minimum Gasteiger partial charge on any atom is -0.340 e. The Morgan fingerprint density at radius 3 is 2.48 bits per heavy atom. The average Bonchev–Trinajstić information content (AvgIpc) is 2.95. The van der Waals surface area contributed by atoms with Crippen molar-refractivity contribution in [1.29, 1.82) is 0 Å². The molecule has 23 heavy (non-hydrogen) atoms. The van der Waals surface area contributed by atoms with Gasteiger partial charge in [-0.15, -0.1) is 0 Å². The van der Waals surface area contributed by atoms with Crippen molar-refractivity contribution in [2.45, 2.75) is 51.0 Å². The third-order valence-electron chi connectivity index (χ3n) is 3.99. The third-order valence-corrected chi connectivity index (χ3v) is 3.99. The smallest absolute Gasteiger partial charge is 0.340 e. The Hall–Kier alpha value is -1.60. The number of halogens is 3. The number of carbonyl (C=O) groups is 1. The largest absolute Gasteiger partial charge is 0.416 e. The van der Waals surface area contributed by atoms with Gasteiger partial charge >= 0.3 is 6.18 Å². The number of rotatable bonds is 5. The summed E-state index contributed by atoms with van der Waals surface area (Å²) >= 11 is 0. The summed E-state index contributed by atoms with van der Waals surface area (Å²) in [5.74, 6) is -0.0593. The van der Waals surface area contributed by atoms with Gasteiger partial charge in [-0.2, -0.15) is 13.2 Å². The zero-order valence-corrected chi connectivity index (χ0v) is 13.3. The highest BCUT2D eigenvalue weighted by atomic mass is 19.4. The van der Waals surface area contributed by atoms with E-state index in [1.165, 1.54) is 17.0 Å². The van der Waals surface area contributed by atoms with Crippen LogP contribution in [0, 0.1) is 0 Å². The predicted molar refractivity (Wildman–Crippen MR) is 81.3 cm³/mol. The first-order chi connectivity index (χ1) is 10.8. The number of carbonyl (C=O) groups excluding carboxylic acids is 1. The molecule has 0 aliphatic carbocycles. The van der Waals surface area contributed by atoms with E-state index in [1.54, 1.807) is 7.05 Å². The van der Waals surface area contributed by atoms with Crippen LogP contribution in [0.25, 0.3) is 0 Å². The molecule has 2 rings (SSSR count). The van der Waals surface area contributed by atoms with E-state index in [9.17, 15) is 18.0 Å². The number of alkyl halides is 3. The lowest BCUT2D eigenvalue weighted by Crippen LogP contribution is -2.43. The molecule has 1 heterocycles. The van der Waals surface area contributed by atoms with Crippen LogP contribution in [0.3, 0.4) is 0 Å². The Morgan fingerprint density at radius 2 is 1.91 bits per heavy atom. The quantitative estimate of drug-likeness (QED) is 0.873. The van der Waals surface area contributed by atoms with Crippen LogP contribution in [-0.4, -0.2) is 29.9 Å². The number of nitrogens with one attached hydrogen (secondary N) is 2. The Labute approximate surface area is 134 Å². The first-order valence-electron chi connectivity index (χ1n) is 7.73. The van der Waals surface area contributed by atoms with Crippen LogP contribution in [0.15, 0.2) is 24.3 Å². The number of hydrogen-bond donors (Lipinski definition) is 2. The fraction of sp³-hybridized carbons (Fsp3) is 0.562. The molecule has 7 heteroatoms. The molecule has 2 unspecified atom stereocenters. The summed E-state index contributed by atoms with van der Waals surface area (Å²) < 4.78 is 37.6. The van der Waals surface area contributed by atoms with Crippen molar-refractivity contribution in [3.05, 3.63) is 35.4 Å². The molecule has 1 saturated heterocycles. The van der Waals surface area contributed by atoms with E-state index in [1.807, 2.05) is 0 Å². The number of amides is 1. The number of nitrogens with zero attached hydrogens (tertiary/aromatic N) is 1. The molecule has 1 aromatic rings. The van der Waals surface area contributed by atoms with Crippen molar-refractivity contribution < 1.29 is 18.0 Å². The lowest BCUT2D eigenvalue weighted by Gasteiger charge is -2.21. The van der Waals surface area contributed by atoms with Gasteiger partial charge in [0.25, 0.3) is 0 Å². The standard InChI is InChI=1S/C16H22F3N3O/c1-3-4-13-9-14(21-20-13)15(23)22(2)10-11-5-7-12(8-6-11)16(17,18)19/h5-8,13-14,20-21H,3-4,9-10H2,1-2H3. The van der Waals surface area contributed by atoms with E-state index in [2.05, 4.69) is 17.8 Å². The van der Waals surface area contributed by atoms with Gasteiger partial charge in [0.15, 0.2) is 0 Å². The van der Waals surface area contributed by atoms with Gasteiger partial charge in [0.2, 0.25) is 5.91 Å². The summed E-state index contributed by atoms with van der Waals surface area (Å²) in [4.78, 5) is 13.9. The second-order valence-corrected chi connectivity index (χ2v) is 5.95. The Morgan fingerprint density at radius 1 is 1.26 bits per heavy atom. The topological polar surface area (TPSA) is 44.4 Å². The highest BCUT2D eigenvalue weighted by Gasteiger charge is 2.31. The Kier molecular flexibility index (Phi) is 5.64. The van der Waals surface area contributed by atoms with Gasteiger partial charge in [-0.25, -0.2) is 5.43 Å². The van der Waals surface area contributed by atoms with Crippen LogP contribution in [0.1, 0.15) is 37.3 Å². The maximum absolute atomic E-state index is 12.5. The molecule has 2 atom stereocenters. The van der Waals surface area contributed by atoms with Crippen molar-refractivity contribution >= 4 is 5.91 Å². The molecule has 4 nitrogen and oxygen atoms in total. The second-order valence-electron chi connectivity index (χ2n) is 5.95. The van der Waals surface area contributed by atoms with Gasteiger partial charge in [-0.05, 0) is 30.5 Å². The third kappa shape index (κ3) is 4.68. The highest BCUT2D eigenvalue weighted by Crippen LogP contribution is 2.29. The van der Waals surface area contributed by atoms with Gasteiger partial charge in [0, 0.05) is 19.6 Å². The maximum Gasteiger partial charge on any atom is 0.416 e. The molecular formula is C16H22F3N3O. The summed E-state index contributed by atoms with van der Waals surface area (Å²) in [6.07, 6.45) is -1.57. The lowest BCUT2D eigenvalue weighted by atomic mass is 10.0. The van der Waals surface area contributed by atoms with Crippen molar-refractivity contribution in [2.75, 3.05) is 7.05 Å². The summed E-state index contributed by atoms with van der Waals surface area (Å²) in [5.41, 5.74) is 6.10. The summed E-state index contributed by atoms with van der Waals surface area (Å²) in [7, 11) is 1.66. The minimum atomic E-state index is -4.34. The molecule has 0 bridgehead atoms. The van der Waals surface area contributed by atoms with Crippen LogP contribution in [-0.2, 0) is 17.5 Å². The van der Waals surface area contributed by atoms with E-state index in [4.69, 9.17) is 0 Å². The number of hydrazine groups is 1. The second kappa shape index (κ2) is 7.31. The number of hydrogen-bond acceptors (Lipinski definition) is 3. The molecule has 1 amide bonds. The summed E-state index contributed by atoms with van der Waals surface area (Å²) in [6.45, 7) is 2.38. The van der Waals surface area contributed by atoms with E-state index in [-0.39, 0.29) is 24.5 Å². The highest BCUT2D eigenvalue weighted by molar-refractivity contribution is 5.82. The molecule has 0 aromatic heterocycles. The molecule has 0 radical (unpaired) electrons. The van der Waals surface area contributed by atoms with Crippen LogP contribution in [0.5, 0.6) is 0 Å². The number of benzene rings is 1. The zero-order valence-electron chi connectivity index (χ0n) is 13.3. The molecule has 1 aliphatic heterocycles. The Bertz CT molecular complexity index is 530. The monoisotopic (exact) mass is 329 g/mol. The van der Waals surface area contributed by atoms with Crippen LogP contribution in [0.2, 0.25) is 0 Å². The fourth-order valence-corrected chi connectivity index (χ4v) is 2.74. The molecule has 0 saturated carbocycles. The normalized spacial score (nSPS) is 21.4. The van der Waals surface area contributed by atoms with Gasteiger partial charge < -0.3 is 4.90 Å². The van der Waals surface area contributed by atoms with Crippen LogP contribution in [0.4, 0.5) is 13.2 Å². The van der Waals surface area contributed by atoms with E-state index >= 15 is 0 Å². The molecule has 1 aromatic carbocycles. The van der Waals surface area contributed by atoms with Crippen molar-refractivity contribution in [3.63, 3.8) is 0 Å². The zero-order chi connectivity index (χ0) is 17.0. The minimum absolute atomic E-state index is 0.0593. The van der Waals surface area contributed by atoms with Gasteiger partial charge in [-0.3, -0.25) is 10.2 Å². The maximum atomic E-state index is 12.5. The van der Waals surface area contributed by atoms with E-state index in [0.29, 0.717) is 5.56 Å². The first-order valence-corrected chi connectivity index (χ1v) is 7.73. The first kappa shape index (κ1) is 17.7. The van der Waals surface area contributed by atoms with Crippen molar-refractivity contribution in [1.82, 2.24) is 15.8 Å². The molecule has 1 fully saturated rings. The van der Waals surface area contributed by atoms with Gasteiger partial charge in [0.1, 0.15) is 6.04 Å². The molecule has 1 aliphatic rings. The van der Waals surface area contributed by atoms with E-state index in [0.717, 1.165) is 31.4 Å². The van der Waals surface area contributed by atoms with Crippen molar-refractivity contribution in [3.8, 4) is 0 Å². The molecule has 2 N–H and O–H groups in total. The molecular weight excluding hydrogens is 307 g/mol. The average molecular weight is 329 g/mol. The Balaban J connectivity index is 1.91. The SMILES string of the molecule is CCCC1CC(C(=O)N(C)Cc2ccc(C(F)(F)F)cc2)NN1. The predicted octanol–water partition coefficient (Wildman–Crippen LogP) is 2.70. The summed E-state index contributed by atoms with van der Waals surface area (Å²) in [5, 5.41) is 0. The van der Waals surface area contributed by atoms with Gasteiger partial charge in [0.05, 0.1) is 5.56 Å². The van der Waals surface area contributed by atoms with Gasteiger partial charge in [-0.1, -0.05) is 25.5 Å². The van der Waals surface area contributed by atoms with E-state index < -0.39 is 11.7 Å².